The third kappa shape index (κ3) is 2.54. The molecule has 2 rings (SSSR count). The summed E-state index contributed by atoms with van der Waals surface area (Å²) >= 11 is 0. The predicted octanol–water partition coefficient (Wildman–Crippen LogP) is 1.65. The van der Waals surface area contributed by atoms with Crippen molar-refractivity contribution in [3.05, 3.63) is 29.8 Å². The molecule has 0 radical (unpaired) electrons. The topological polar surface area (TPSA) is 61.4 Å². The van der Waals surface area contributed by atoms with E-state index in [0.717, 1.165) is 37.1 Å². The first-order chi connectivity index (χ1) is 8.70. The summed E-state index contributed by atoms with van der Waals surface area (Å²) in [5.74, 6) is 0.0410. The zero-order valence-corrected chi connectivity index (χ0v) is 10.7. The smallest absolute Gasteiger partial charge is 0.244 e. The summed E-state index contributed by atoms with van der Waals surface area (Å²) in [5.41, 5.74) is 1.21. The van der Waals surface area contributed by atoms with E-state index in [0.29, 0.717) is 0 Å². The van der Waals surface area contributed by atoms with Gasteiger partial charge in [-0.25, -0.2) is 0 Å². The van der Waals surface area contributed by atoms with Gasteiger partial charge in [-0.2, -0.15) is 0 Å². The molecule has 1 saturated heterocycles. The molecular formula is C14H20N2O2. The van der Waals surface area contributed by atoms with Crippen LogP contribution in [0.1, 0.15) is 31.7 Å². The highest BCUT2D eigenvalue weighted by Gasteiger charge is 2.38. The highest BCUT2D eigenvalue weighted by molar-refractivity contribution is 5.98. The lowest BCUT2D eigenvalue weighted by Crippen LogP contribution is -2.50. The van der Waals surface area contributed by atoms with E-state index in [4.69, 9.17) is 5.11 Å². The lowest BCUT2D eigenvalue weighted by molar-refractivity contribution is -0.122. The van der Waals surface area contributed by atoms with Gasteiger partial charge in [-0.05, 0) is 43.5 Å². The van der Waals surface area contributed by atoms with Gasteiger partial charge in [0.05, 0.1) is 12.1 Å². The summed E-state index contributed by atoms with van der Waals surface area (Å²) in [4.78, 5) is 12.3. The van der Waals surface area contributed by atoms with E-state index in [1.165, 1.54) is 0 Å². The minimum Gasteiger partial charge on any atom is -0.392 e. The molecule has 0 aromatic heterocycles. The van der Waals surface area contributed by atoms with Crippen LogP contribution in [0.5, 0.6) is 0 Å². The van der Waals surface area contributed by atoms with Crippen LogP contribution in [0.25, 0.3) is 0 Å². The molecule has 1 aromatic carbocycles. The van der Waals surface area contributed by atoms with Crippen LogP contribution in [0.15, 0.2) is 24.3 Å². The molecule has 0 spiro atoms. The number of nitrogens with one attached hydrogen (secondary N) is 2. The van der Waals surface area contributed by atoms with Crippen LogP contribution < -0.4 is 10.6 Å². The number of carbonyl (C=O) groups excluding carboxylic acids is 1. The fraction of sp³-hybridized carbons (Fsp3) is 0.500. The summed E-state index contributed by atoms with van der Waals surface area (Å²) in [7, 11) is 0. The third-order valence-electron chi connectivity index (χ3n) is 3.68. The van der Waals surface area contributed by atoms with Gasteiger partial charge in [-0.15, -0.1) is 0 Å². The zero-order valence-electron chi connectivity index (χ0n) is 10.7. The van der Waals surface area contributed by atoms with E-state index in [1.54, 1.807) is 0 Å². The number of aliphatic hydroxyl groups excluding tert-OH is 1. The number of aliphatic hydroxyl groups is 1. The fourth-order valence-electron chi connectivity index (χ4n) is 2.41. The highest BCUT2D eigenvalue weighted by Crippen LogP contribution is 2.24. The van der Waals surface area contributed by atoms with Gasteiger partial charge < -0.3 is 15.7 Å². The molecule has 1 aliphatic rings. The molecular weight excluding hydrogens is 228 g/mol. The first kappa shape index (κ1) is 13.1. The summed E-state index contributed by atoms with van der Waals surface area (Å²) < 4.78 is 0. The van der Waals surface area contributed by atoms with Gasteiger partial charge in [-0.3, -0.25) is 4.79 Å². The molecule has 0 aliphatic carbocycles. The van der Waals surface area contributed by atoms with Gasteiger partial charge >= 0.3 is 0 Å². The van der Waals surface area contributed by atoms with Gasteiger partial charge in [0.2, 0.25) is 5.91 Å². The monoisotopic (exact) mass is 248 g/mol. The summed E-state index contributed by atoms with van der Waals surface area (Å²) in [6, 6.07) is 7.27. The maximum atomic E-state index is 12.3. The lowest BCUT2D eigenvalue weighted by Gasteiger charge is -2.26. The van der Waals surface area contributed by atoms with Crippen molar-refractivity contribution in [2.24, 2.45) is 0 Å². The second kappa shape index (κ2) is 5.50. The molecule has 0 bridgehead atoms. The quantitative estimate of drug-likeness (QED) is 0.759. The van der Waals surface area contributed by atoms with Gasteiger partial charge in [0.1, 0.15) is 0 Å². The Balaban J connectivity index is 2.05. The van der Waals surface area contributed by atoms with Crippen molar-refractivity contribution in [3.63, 3.8) is 0 Å². The SMILES string of the molecule is CCC1(C(=O)Nc2ccc(CO)cc2)CCCN1. The molecule has 4 nitrogen and oxygen atoms in total. The maximum Gasteiger partial charge on any atom is 0.244 e. The van der Waals surface area contributed by atoms with Crippen molar-refractivity contribution in [2.45, 2.75) is 38.3 Å². The number of hydrogen-bond donors (Lipinski definition) is 3. The standard InChI is InChI=1S/C14H20N2O2/c1-2-14(8-3-9-15-14)13(18)16-12-6-4-11(10-17)5-7-12/h4-7,15,17H,2-3,8-10H2,1H3,(H,16,18). The number of anilines is 1. The summed E-state index contributed by atoms with van der Waals surface area (Å²) in [5, 5.41) is 15.2. The highest BCUT2D eigenvalue weighted by atomic mass is 16.3. The van der Waals surface area contributed by atoms with E-state index in [-0.39, 0.29) is 12.5 Å². The van der Waals surface area contributed by atoms with Gasteiger partial charge in [-0.1, -0.05) is 19.1 Å². The second-order valence-corrected chi connectivity index (χ2v) is 4.78. The molecule has 1 amide bonds. The van der Waals surface area contributed by atoms with Crippen molar-refractivity contribution in [1.82, 2.24) is 5.32 Å². The lowest BCUT2D eigenvalue weighted by atomic mass is 9.93. The molecule has 98 valence electrons. The number of carbonyl (C=O) groups is 1. The minimum absolute atomic E-state index is 0.0225. The number of rotatable bonds is 4. The Hall–Kier alpha value is -1.39. The molecule has 1 heterocycles. The van der Waals surface area contributed by atoms with E-state index in [2.05, 4.69) is 10.6 Å². The van der Waals surface area contributed by atoms with Crippen LogP contribution in [-0.4, -0.2) is 23.1 Å². The molecule has 1 unspecified atom stereocenters. The Bertz CT molecular complexity index is 408. The molecule has 1 fully saturated rings. The largest absolute Gasteiger partial charge is 0.392 e. The molecule has 1 aliphatic heterocycles. The molecule has 1 aromatic rings. The first-order valence-corrected chi connectivity index (χ1v) is 6.46. The normalized spacial score (nSPS) is 23.0. The minimum atomic E-state index is -0.407. The van der Waals surface area contributed by atoms with Gasteiger partial charge in [0.25, 0.3) is 0 Å². The van der Waals surface area contributed by atoms with Crippen molar-refractivity contribution < 1.29 is 9.90 Å². The zero-order chi connectivity index (χ0) is 13.0. The van der Waals surface area contributed by atoms with Crippen LogP contribution in [0.2, 0.25) is 0 Å². The number of benzene rings is 1. The fourth-order valence-corrected chi connectivity index (χ4v) is 2.41. The summed E-state index contributed by atoms with van der Waals surface area (Å²) in [6.07, 6.45) is 2.74. The number of hydrogen-bond acceptors (Lipinski definition) is 3. The second-order valence-electron chi connectivity index (χ2n) is 4.78. The van der Waals surface area contributed by atoms with Crippen LogP contribution in [0.4, 0.5) is 5.69 Å². The Kier molecular flexibility index (Phi) is 3.99. The van der Waals surface area contributed by atoms with Crippen molar-refractivity contribution >= 4 is 11.6 Å². The Morgan fingerprint density at radius 1 is 1.44 bits per heavy atom. The molecule has 4 heteroatoms. The molecule has 1 atom stereocenters. The van der Waals surface area contributed by atoms with Crippen molar-refractivity contribution in [1.29, 1.82) is 0 Å². The van der Waals surface area contributed by atoms with Crippen LogP contribution >= 0.6 is 0 Å². The van der Waals surface area contributed by atoms with Crippen molar-refractivity contribution in [3.8, 4) is 0 Å². The van der Waals surface area contributed by atoms with Crippen LogP contribution in [0, 0.1) is 0 Å². The molecule has 0 saturated carbocycles. The van der Waals surface area contributed by atoms with E-state index in [9.17, 15) is 4.79 Å². The predicted molar refractivity (Wildman–Crippen MR) is 71.3 cm³/mol. The summed E-state index contributed by atoms with van der Waals surface area (Å²) in [6.45, 7) is 2.96. The Labute approximate surface area is 107 Å². The van der Waals surface area contributed by atoms with Gasteiger partial charge in [0.15, 0.2) is 0 Å². The maximum absolute atomic E-state index is 12.3. The number of amides is 1. The molecule has 18 heavy (non-hydrogen) atoms. The van der Waals surface area contributed by atoms with Crippen molar-refractivity contribution in [2.75, 3.05) is 11.9 Å². The third-order valence-corrected chi connectivity index (χ3v) is 3.68. The average molecular weight is 248 g/mol. The van der Waals surface area contributed by atoms with E-state index >= 15 is 0 Å². The van der Waals surface area contributed by atoms with Gasteiger partial charge in [0, 0.05) is 5.69 Å². The molecule has 3 N–H and O–H groups in total. The van der Waals surface area contributed by atoms with E-state index in [1.807, 2.05) is 31.2 Å². The van der Waals surface area contributed by atoms with Crippen LogP contribution in [-0.2, 0) is 11.4 Å². The van der Waals surface area contributed by atoms with E-state index < -0.39 is 5.54 Å². The Morgan fingerprint density at radius 2 is 2.17 bits per heavy atom. The Morgan fingerprint density at radius 3 is 2.67 bits per heavy atom. The van der Waals surface area contributed by atoms with Crippen LogP contribution in [0.3, 0.4) is 0 Å². The first-order valence-electron chi connectivity index (χ1n) is 6.46. The average Bonchev–Trinajstić information content (AvgIpc) is 2.89.